The van der Waals surface area contributed by atoms with E-state index in [0.717, 1.165) is 0 Å². The van der Waals surface area contributed by atoms with Gasteiger partial charge in [0, 0.05) is 30.8 Å². The van der Waals surface area contributed by atoms with Crippen molar-refractivity contribution in [1.82, 2.24) is 4.90 Å². The first-order valence-electron chi connectivity index (χ1n) is 12.6. The number of rotatable bonds is 5. The molecule has 0 radical (unpaired) electrons. The summed E-state index contributed by atoms with van der Waals surface area (Å²) in [7, 11) is 0. The van der Waals surface area contributed by atoms with Crippen LogP contribution in [0.2, 0.25) is 0 Å². The van der Waals surface area contributed by atoms with Gasteiger partial charge in [-0.05, 0) is 54.8 Å². The molecule has 0 saturated carbocycles. The van der Waals surface area contributed by atoms with Gasteiger partial charge in [-0.2, -0.15) is 26.3 Å². The molecule has 0 aromatic heterocycles. The highest BCUT2D eigenvalue weighted by Crippen LogP contribution is 2.48. The largest absolute Gasteiger partial charge is 0.452 e. The second-order valence-corrected chi connectivity index (χ2v) is 11.0. The summed E-state index contributed by atoms with van der Waals surface area (Å²) in [6.45, 7) is 5.97. The smallest absolute Gasteiger partial charge is 0.416 e. The number of hydrogen-bond donors (Lipinski definition) is 0. The Morgan fingerprint density at radius 2 is 1.55 bits per heavy atom. The Kier molecular flexibility index (Phi) is 7.72. The first kappa shape index (κ1) is 29.8. The van der Waals surface area contributed by atoms with Gasteiger partial charge in [-0.3, -0.25) is 9.59 Å². The van der Waals surface area contributed by atoms with Crippen LogP contribution in [0.25, 0.3) is 0 Å². The molecule has 2 aliphatic rings. The predicted octanol–water partition coefficient (Wildman–Crippen LogP) is 6.67. The molecular formula is C28H28F7NO4. The van der Waals surface area contributed by atoms with E-state index in [-0.39, 0.29) is 18.2 Å². The van der Waals surface area contributed by atoms with Gasteiger partial charge in [0.2, 0.25) is 0 Å². The summed E-state index contributed by atoms with van der Waals surface area (Å²) in [4.78, 5) is 26.7. The number of hydrogen-bond acceptors (Lipinski definition) is 4. The van der Waals surface area contributed by atoms with E-state index in [4.69, 9.17) is 9.47 Å². The van der Waals surface area contributed by atoms with Crippen LogP contribution in [0.15, 0.2) is 42.5 Å². The van der Waals surface area contributed by atoms with Crippen LogP contribution >= 0.6 is 0 Å². The van der Waals surface area contributed by atoms with E-state index in [1.165, 1.54) is 43.0 Å². The number of carbonyl (C=O) groups is 2. The lowest BCUT2D eigenvalue weighted by molar-refractivity contribution is -0.174. The lowest BCUT2D eigenvalue weighted by Crippen LogP contribution is -2.57. The van der Waals surface area contributed by atoms with Gasteiger partial charge in [0.1, 0.15) is 5.82 Å². The number of alkyl halides is 6. The summed E-state index contributed by atoms with van der Waals surface area (Å²) in [6.07, 6.45) is -12.9. The number of piperidine rings is 1. The lowest BCUT2D eigenvalue weighted by Gasteiger charge is -2.45. The number of carbonyl (C=O) groups excluding carboxylic acids is 2. The maximum Gasteiger partial charge on any atom is 0.416 e. The molecule has 2 fully saturated rings. The van der Waals surface area contributed by atoms with E-state index in [9.17, 15) is 40.3 Å². The highest BCUT2D eigenvalue weighted by molar-refractivity contribution is 5.86. The minimum absolute atomic E-state index is 0.0449. The fourth-order valence-corrected chi connectivity index (χ4v) is 5.69. The van der Waals surface area contributed by atoms with Gasteiger partial charge in [-0.15, -0.1) is 0 Å². The lowest BCUT2D eigenvalue weighted by atomic mass is 9.72. The normalized spacial score (nSPS) is 25.5. The Labute approximate surface area is 226 Å². The molecular weight excluding hydrogens is 547 g/mol. The quantitative estimate of drug-likeness (QED) is 0.296. The summed E-state index contributed by atoms with van der Waals surface area (Å²) in [5.41, 5.74) is -3.48. The van der Waals surface area contributed by atoms with Gasteiger partial charge in [-0.1, -0.05) is 26.0 Å². The van der Waals surface area contributed by atoms with Gasteiger partial charge in [0.05, 0.1) is 23.3 Å². The van der Waals surface area contributed by atoms with Crippen molar-refractivity contribution in [2.75, 3.05) is 6.54 Å². The standard InChI is InChI=1S/C28H28F7NO4/c1-14(17-9-18(27(30,31)32)11-19(10-17)28(33,34)35)39-22-13-36-21(23(22)16-5-7-20(29)8-6-16)12-26(3,4)24(25(36)38)40-15(2)37/h5-11,14,21-24H,12-13H2,1-4H3/t14-,21?,22?,23+,24?/m1/s1. The predicted molar refractivity (Wildman–Crippen MR) is 128 cm³/mol. The van der Waals surface area contributed by atoms with E-state index < -0.39 is 76.9 Å². The van der Waals surface area contributed by atoms with Crippen molar-refractivity contribution in [3.05, 3.63) is 70.5 Å². The maximum atomic E-state index is 13.7. The van der Waals surface area contributed by atoms with E-state index >= 15 is 0 Å². The first-order valence-corrected chi connectivity index (χ1v) is 12.6. The summed E-state index contributed by atoms with van der Waals surface area (Å²) < 4.78 is 106. The molecule has 0 aliphatic carbocycles. The average Bonchev–Trinajstić information content (AvgIpc) is 3.17. The van der Waals surface area contributed by atoms with Crippen LogP contribution in [0.3, 0.4) is 0 Å². The number of halogens is 7. The van der Waals surface area contributed by atoms with Crippen molar-refractivity contribution < 1.29 is 49.8 Å². The molecule has 40 heavy (non-hydrogen) atoms. The van der Waals surface area contributed by atoms with Crippen molar-refractivity contribution >= 4 is 11.9 Å². The molecule has 2 saturated heterocycles. The average molecular weight is 576 g/mol. The van der Waals surface area contributed by atoms with Crippen LogP contribution in [-0.2, 0) is 31.4 Å². The SMILES string of the molecule is CC(=O)OC1C(=O)N2CC(O[C@H](C)c3cc(C(F)(F)F)cc(C(F)(F)F)c3)[C@@H](c3ccc(F)cc3)C2CC1(C)C. The second-order valence-electron chi connectivity index (χ2n) is 11.0. The van der Waals surface area contributed by atoms with E-state index in [1.807, 2.05) is 0 Å². The molecule has 2 heterocycles. The molecule has 0 spiro atoms. The van der Waals surface area contributed by atoms with Crippen LogP contribution in [0.1, 0.15) is 68.4 Å². The zero-order valence-corrected chi connectivity index (χ0v) is 22.1. The fraction of sp³-hybridized carbons (Fsp3) is 0.500. The molecule has 218 valence electrons. The van der Waals surface area contributed by atoms with Gasteiger partial charge in [0.25, 0.3) is 5.91 Å². The van der Waals surface area contributed by atoms with Crippen LogP contribution in [0.4, 0.5) is 30.7 Å². The van der Waals surface area contributed by atoms with Gasteiger partial charge >= 0.3 is 18.3 Å². The zero-order valence-electron chi connectivity index (χ0n) is 22.1. The Morgan fingerprint density at radius 3 is 2.05 bits per heavy atom. The third kappa shape index (κ3) is 5.96. The van der Waals surface area contributed by atoms with Gasteiger partial charge in [0.15, 0.2) is 6.10 Å². The highest BCUT2D eigenvalue weighted by atomic mass is 19.4. The fourth-order valence-electron chi connectivity index (χ4n) is 5.69. The molecule has 2 aromatic rings. The highest BCUT2D eigenvalue weighted by Gasteiger charge is 2.56. The zero-order chi connectivity index (χ0) is 29.8. The van der Waals surface area contributed by atoms with Crippen molar-refractivity contribution in [2.45, 2.75) is 76.7 Å². The number of esters is 1. The van der Waals surface area contributed by atoms with Crippen molar-refractivity contribution in [1.29, 1.82) is 0 Å². The van der Waals surface area contributed by atoms with Gasteiger partial charge in [-0.25, -0.2) is 4.39 Å². The summed E-state index contributed by atoms with van der Waals surface area (Å²) >= 11 is 0. The molecule has 2 aromatic carbocycles. The Balaban J connectivity index is 1.72. The van der Waals surface area contributed by atoms with Crippen LogP contribution in [0, 0.1) is 11.2 Å². The Hall–Kier alpha value is -3.15. The summed E-state index contributed by atoms with van der Waals surface area (Å²) in [5.74, 6) is -2.23. The number of benzene rings is 2. The summed E-state index contributed by atoms with van der Waals surface area (Å²) in [5, 5.41) is 0. The number of fused-ring (bicyclic) bond motifs is 1. The van der Waals surface area contributed by atoms with Crippen molar-refractivity contribution in [3.63, 3.8) is 0 Å². The van der Waals surface area contributed by atoms with E-state index in [0.29, 0.717) is 24.1 Å². The molecule has 5 atom stereocenters. The van der Waals surface area contributed by atoms with Crippen LogP contribution in [-0.4, -0.2) is 41.6 Å². The molecule has 2 aliphatic heterocycles. The molecule has 0 N–H and O–H groups in total. The molecule has 12 heteroatoms. The monoisotopic (exact) mass is 575 g/mol. The van der Waals surface area contributed by atoms with E-state index in [2.05, 4.69) is 0 Å². The molecule has 5 nitrogen and oxygen atoms in total. The number of amides is 1. The number of ether oxygens (including phenoxy) is 2. The molecule has 4 rings (SSSR count). The second kappa shape index (κ2) is 10.4. The van der Waals surface area contributed by atoms with E-state index in [1.54, 1.807) is 13.8 Å². The molecule has 1 amide bonds. The van der Waals surface area contributed by atoms with Gasteiger partial charge < -0.3 is 14.4 Å². The number of nitrogens with zero attached hydrogens (tertiary/aromatic N) is 1. The first-order chi connectivity index (χ1) is 18.4. The Morgan fingerprint density at radius 1 is 1.00 bits per heavy atom. The third-order valence-corrected chi connectivity index (χ3v) is 7.54. The Bertz CT molecular complexity index is 1240. The summed E-state index contributed by atoms with van der Waals surface area (Å²) in [6, 6.07) is 6.21. The van der Waals surface area contributed by atoms with Crippen molar-refractivity contribution in [3.8, 4) is 0 Å². The molecule has 3 unspecified atom stereocenters. The molecule has 0 bridgehead atoms. The van der Waals surface area contributed by atoms with Crippen molar-refractivity contribution in [2.24, 2.45) is 5.41 Å². The van der Waals surface area contributed by atoms with Crippen LogP contribution in [0.5, 0.6) is 0 Å². The maximum absolute atomic E-state index is 13.7. The minimum Gasteiger partial charge on any atom is -0.452 e. The minimum atomic E-state index is -5.02. The van der Waals surface area contributed by atoms with Crippen LogP contribution < -0.4 is 0 Å². The third-order valence-electron chi connectivity index (χ3n) is 7.54. The topological polar surface area (TPSA) is 55.8 Å².